The summed E-state index contributed by atoms with van der Waals surface area (Å²) in [6.45, 7) is 2.83. The summed E-state index contributed by atoms with van der Waals surface area (Å²) in [5.41, 5.74) is 2.30. The molecule has 0 radical (unpaired) electrons. The lowest BCUT2D eigenvalue weighted by molar-refractivity contribution is 0.0710. The Hall–Kier alpha value is -3.46. The number of aromatic nitrogens is 4. The summed E-state index contributed by atoms with van der Waals surface area (Å²) < 4.78 is 13.0. The van der Waals surface area contributed by atoms with Crippen LogP contribution in [0.5, 0.6) is 0 Å². The quantitative estimate of drug-likeness (QED) is 0.513. The molecule has 4 aromatic rings. The van der Waals surface area contributed by atoms with Crippen LogP contribution in [-0.2, 0) is 18.4 Å². The van der Waals surface area contributed by atoms with E-state index in [1.165, 1.54) is 0 Å². The summed E-state index contributed by atoms with van der Waals surface area (Å²) in [6.07, 6.45) is 3.34. The zero-order valence-corrected chi connectivity index (χ0v) is 16.9. The zero-order chi connectivity index (χ0) is 20.7. The van der Waals surface area contributed by atoms with E-state index in [0.29, 0.717) is 44.1 Å². The molecule has 0 N–H and O–H groups in total. The Morgan fingerprint density at radius 2 is 1.93 bits per heavy atom. The minimum atomic E-state index is -0.105. The molecule has 1 aliphatic heterocycles. The van der Waals surface area contributed by atoms with E-state index in [1.54, 1.807) is 24.3 Å². The van der Waals surface area contributed by atoms with Crippen LogP contribution in [0.4, 0.5) is 5.82 Å². The first kappa shape index (κ1) is 18.6. The molecule has 0 bridgehead atoms. The maximum Gasteiger partial charge on any atom is 0.290 e. The van der Waals surface area contributed by atoms with Gasteiger partial charge in [-0.3, -0.25) is 9.48 Å². The van der Waals surface area contributed by atoms with Crippen LogP contribution in [0.25, 0.3) is 22.0 Å². The number of carbonyl (C=O) groups is 1. The van der Waals surface area contributed by atoms with Gasteiger partial charge < -0.3 is 19.0 Å². The van der Waals surface area contributed by atoms with E-state index in [2.05, 4.69) is 20.0 Å². The number of rotatable bonds is 4. The highest BCUT2D eigenvalue weighted by Crippen LogP contribution is 2.29. The lowest BCUT2D eigenvalue weighted by atomic mass is 10.1. The first-order valence-electron chi connectivity index (χ1n) is 9.83. The van der Waals surface area contributed by atoms with Gasteiger partial charge in [-0.1, -0.05) is 18.2 Å². The Bertz CT molecular complexity index is 1220. The molecule has 0 spiro atoms. The number of benzene rings is 1. The van der Waals surface area contributed by atoms with Crippen molar-refractivity contribution in [2.45, 2.75) is 6.61 Å². The van der Waals surface area contributed by atoms with Crippen LogP contribution in [0.1, 0.15) is 16.1 Å². The maximum atomic E-state index is 13.2. The van der Waals surface area contributed by atoms with E-state index in [0.717, 1.165) is 27.8 Å². The largest absolute Gasteiger partial charge is 0.451 e. The summed E-state index contributed by atoms with van der Waals surface area (Å²) >= 11 is 0. The average molecular weight is 406 g/mol. The van der Waals surface area contributed by atoms with Crippen molar-refractivity contribution in [2.24, 2.45) is 7.05 Å². The predicted octanol–water partition coefficient (Wildman–Crippen LogP) is 2.22. The van der Waals surface area contributed by atoms with Crippen molar-refractivity contribution in [1.82, 2.24) is 24.6 Å². The van der Waals surface area contributed by atoms with Gasteiger partial charge in [0.05, 0.1) is 18.2 Å². The molecule has 0 atom stereocenters. The summed E-state index contributed by atoms with van der Waals surface area (Å²) in [4.78, 5) is 26.0. The van der Waals surface area contributed by atoms with Gasteiger partial charge in [0.1, 0.15) is 17.7 Å². The van der Waals surface area contributed by atoms with Crippen LogP contribution in [0.15, 0.2) is 41.2 Å². The second-order valence-electron chi connectivity index (χ2n) is 7.32. The van der Waals surface area contributed by atoms with Gasteiger partial charge in [-0.15, -0.1) is 0 Å². The highest BCUT2D eigenvalue weighted by molar-refractivity contribution is 5.99. The highest BCUT2D eigenvalue weighted by atomic mass is 16.5. The predicted molar refractivity (Wildman–Crippen MR) is 111 cm³/mol. The molecule has 9 nitrogen and oxygen atoms in total. The molecule has 9 heteroatoms. The average Bonchev–Trinajstić information content (AvgIpc) is 3.35. The van der Waals surface area contributed by atoms with E-state index in [9.17, 15) is 4.79 Å². The lowest BCUT2D eigenvalue weighted by Crippen LogP contribution is -2.49. The second-order valence-corrected chi connectivity index (χ2v) is 7.32. The molecule has 0 saturated carbocycles. The molecule has 1 fully saturated rings. The molecular formula is C21H22N6O3. The Morgan fingerprint density at radius 1 is 1.13 bits per heavy atom. The molecule has 1 amide bonds. The molecule has 1 saturated heterocycles. The third-order valence-electron chi connectivity index (χ3n) is 5.56. The number of piperazine rings is 1. The van der Waals surface area contributed by atoms with Crippen LogP contribution < -0.4 is 4.90 Å². The lowest BCUT2D eigenvalue weighted by Gasteiger charge is -2.35. The fraction of sp³-hybridized carbons (Fsp3) is 0.333. The molecule has 5 rings (SSSR count). The third-order valence-corrected chi connectivity index (χ3v) is 5.56. The molecule has 1 aliphatic rings. The van der Waals surface area contributed by atoms with E-state index in [1.807, 2.05) is 36.2 Å². The molecular weight excluding hydrogens is 384 g/mol. The minimum Gasteiger partial charge on any atom is -0.451 e. The Labute approximate surface area is 172 Å². The maximum absolute atomic E-state index is 13.2. The number of carbonyl (C=O) groups excluding carboxylic acids is 1. The number of nitrogens with zero attached hydrogens (tertiary/aromatic N) is 6. The Balaban J connectivity index is 1.37. The minimum absolute atomic E-state index is 0.105. The fourth-order valence-electron chi connectivity index (χ4n) is 4.03. The van der Waals surface area contributed by atoms with Crippen LogP contribution in [0.3, 0.4) is 0 Å². The number of amides is 1. The Kier molecular flexibility index (Phi) is 4.59. The highest BCUT2D eigenvalue weighted by Gasteiger charge is 2.29. The molecule has 154 valence electrons. The summed E-state index contributed by atoms with van der Waals surface area (Å²) in [6, 6.07) is 7.66. The molecule has 1 aromatic carbocycles. The topological polar surface area (TPSA) is 89.5 Å². The molecule has 0 aliphatic carbocycles. The van der Waals surface area contributed by atoms with Crippen LogP contribution >= 0.6 is 0 Å². The van der Waals surface area contributed by atoms with Gasteiger partial charge in [0, 0.05) is 51.3 Å². The summed E-state index contributed by atoms with van der Waals surface area (Å²) in [5, 5.41) is 6.11. The Morgan fingerprint density at radius 3 is 2.73 bits per heavy atom. The number of furan rings is 1. The number of ether oxygens (including phenoxy) is 1. The number of aryl methyl sites for hydroxylation is 1. The van der Waals surface area contributed by atoms with E-state index < -0.39 is 0 Å². The van der Waals surface area contributed by atoms with Crippen molar-refractivity contribution >= 4 is 33.7 Å². The summed E-state index contributed by atoms with van der Waals surface area (Å²) in [5.74, 6) is 1.11. The van der Waals surface area contributed by atoms with Gasteiger partial charge in [-0.2, -0.15) is 5.10 Å². The molecule has 0 unspecified atom stereocenters. The van der Waals surface area contributed by atoms with Gasteiger partial charge in [0.2, 0.25) is 0 Å². The van der Waals surface area contributed by atoms with Crippen molar-refractivity contribution in [3.63, 3.8) is 0 Å². The van der Waals surface area contributed by atoms with Crippen molar-refractivity contribution in [3.8, 4) is 0 Å². The van der Waals surface area contributed by atoms with Crippen LogP contribution in [0, 0.1) is 0 Å². The van der Waals surface area contributed by atoms with Crippen molar-refractivity contribution < 1.29 is 13.9 Å². The molecule has 4 heterocycles. The van der Waals surface area contributed by atoms with E-state index >= 15 is 0 Å². The number of hydrogen-bond donors (Lipinski definition) is 0. The molecule has 3 aromatic heterocycles. The van der Waals surface area contributed by atoms with Gasteiger partial charge in [0.15, 0.2) is 11.4 Å². The van der Waals surface area contributed by atoms with Crippen molar-refractivity contribution in [3.05, 3.63) is 48.1 Å². The first-order valence-corrected chi connectivity index (χ1v) is 9.83. The SMILES string of the molecule is COCc1c(C(=O)N2CCN(c3ncnc4c3cnn4C)CC2)oc2ccccc12. The van der Waals surface area contributed by atoms with Gasteiger partial charge >= 0.3 is 0 Å². The third kappa shape index (κ3) is 2.98. The second kappa shape index (κ2) is 7.42. The van der Waals surface area contributed by atoms with Crippen LogP contribution in [-0.4, -0.2) is 63.8 Å². The number of fused-ring (bicyclic) bond motifs is 2. The van der Waals surface area contributed by atoms with Gasteiger partial charge in [-0.05, 0) is 6.07 Å². The number of para-hydroxylation sites is 1. The van der Waals surface area contributed by atoms with E-state index in [-0.39, 0.29) is 5.91 Å². The zero-order valence-electron chi connectivity index (χ0n) is 16.9. The first-order chi connectivity index (χ1) is 14.7. The number of anilines is 1. The van der Waals surface area contributed by atoms with Gasteiger partial charge in [0.25, 0.3) is 5.91 Å². The smallest absolute Gasteiger partial charge is 0.290 e. The molecule has 30 heavy (non-hydrogen) atoms. The van der Waals surface area contributed by atoms with Crippen LogP contribution in [0.2, 0.25) is 0 Å². The van der Waals surface area contributed by atoms with Gasteiger partial charge in [-0.25, -0.2) is 9.97 Å². The van der Waals surface area contributed by atoms with Crippen molar-refractivity contribution in [2.75, 3.05) is 38.2 Å². The summed E-state index contributed by atoms with van der Waals surface area (Å²) in [7, 11) is 3.48. The monoisotopic (exact) mass is 406 g/mol. The van der Waals surface area contributed by atoms with E-state index in [4.69, 9.17) is 9.15 Å². The fourth-order valence-corrected chi connectivity index (χ4v) is 4.03. The standard InChI is InChI=1S/C21H22N6O3/c1-25-19-15(11-24-25)20(23-13-22-19)26-7-9-27(10-8-26)21(28)18-16(12-29-2)14-5-3-4-6-17(14)30-18/h3-6,11,13H,7-10,12H2,1-2H3. The number of methoxy groups -OCH3 is 1. The van der Waals surface area contributed by atoms with Crippen molar-refractivity contribution in [1.29, 1.82) is 0 Å². The normalized spacial score (nSPS) is 14.7. The number of hydrogen-bond acceptors (Lipinski definition) is 7.